The van der Waals surface area contributed by atoms with E-state index < -0.39 is 18.3 Å². The fraction of sp³-hybridized carbons (Fsp3) is 0.333. The summed E-state index contributed by atoms with van der Waals surface area (Å²) in [5, 5.41) is 19.8. The van der Waals surface area contributed by atoms with E-state index in [1.165, 1.54) is 11.1 Å². The summed E-state index contributed by atoms with van der Waals surface area (Å²) in [5.41, 5.74) is 0.877. The van der Waals surface area contributed by atoms with Crippen LogP contribution in [-0.4, -0.2) is 35.0 Å². The van der Waals surface area contributed by atoms with Crippen LogP contribution in [0.1, 0.15) is 12.1 Å². The summed E-state index contributed by atoms with van der Waals surface area (Å²) >= 11 is 0. The lowest BCUT2D eigenvalue weighted by atomic mass is 9.95. The van der Waals surface area contributed by atoms with Crippen molar-refractivity contribution in [3.05, 3.63) is 36.2 Å². The fourth-order valence-electron chi connectivity index (χ4n) is 2.71. The zero-order valence-corrected chi connectivity index (χ0v) is 11.4. The molecule has 0 radical (unpaired) electrons. The average molecular weight is 307 g/mol. The molecule has 2 atom stereocenters. The number of anilines is 1. The van der Waals surface area contributed by atoms with Crippen LogP contribution in [-0.2, 0) is 0 Å². The summed E-state index contributed by atoms with van der Waals surface area (Å²) in [4.78, 5) is 5.48. The molecule has 1 fully saturated rings. The molecule has 0 bridgehead atoms. The summed E-state index contributed by atoms with van der Waals surface area (Å²) in [6.45, 7) is 0.458. The van der Waals surface area contributed by atoms with Gasteiger partial charge in [0, 0.05) is 23.8 Å². The Labute approximate surface area is 124 Å². The Morgan fingerprint density at radius 1 is 1.36 bits per heavy atom. The smallest absolute Gasteiger partial charge is 0.382 e. The minimum atomic E-state index is -4.63. The second kappa shape index (κ2) is 5.14. The molecule has 0 aliphatic carbocycles. The Morgan fingerprint density at radius 3 is 2.73 bits per heavy atom. The van der Waals surface area contributed by atoms with Gasteiger partial charge in [0.15, 0.2) is 6.10 Å². The third-order valence-corrected chi connectivity index (χ3v) is 3.95. The van der Waals surface area contributed by atoms with E-state index in [9.17, 15) is 18.3 Å². The molecule has 1 N–H and O–H groups in total. The van der Waals surface area contributed by atoms with Crippen LogP contribution in [0.3, 0.4) is 0 Å². The Kier molecular flexibility index (Phi) is 3.41. The monoisotopic (exact) mass is 307 g/mol. The second-order valence-corrected chi connectivity index (χ2v) is 5.21. The van der Waals surface area contributed by atoms with E-state index in [2.05, 4.69) is 4.98 Å². The number of nitriles is 1. The lowest BCUT2D eigenvalue weighted by molar-refractivity contribution is -0.213. The second-order valence-electron chi connectivity index (χ2n) is 5.21. The number of aliphatic hydroxyl groups is 1. The van der Waals surface area contributed by atoms with Gasteiger partial charge in [0.25, 0.3) is 0 Å². The number of benzene rings is 1. The Balaban J connectivity index is 1.93. The molecule has 1 aromatic heterocycles. The predicted octanol–water partition coefficient (Wildman–Crippen LogP) is 2.61. The quantitative estimate of drug-likeness (QED) is 0.926. The van der Waals surface area contributed by atoms with Crippen LogP contribution in [0.15, 0.2) is 30.5 Å². The maximum absolute atomic E-state index is 12.6. The fourth-order valence-corrected chi connectivity index (χ4v) is 2.71. The molecule has 2 heterocycles. The third-order valence-electron chi connectivity index (χ3n) is 3.95. The van der Waals surface area contributed by atoms with E-state index in [1.54, 1.807) is 24.3 Å². The number of aliphatic hydroxyl groups excluding tert-OH is 1. The number of rotatable bonds is 2. The molecule has 1 saturated heterocycles. The Morgan fingerprint density at radius 2 is 2.14 bits per heavy atom. The van der Waals surface area contributed by atoms with Crippen molar-refractivity contribution in [3.63, 3.8) is 0 Å². The van der Waals surface area contributed by atoms with Gasteiger partial charge < -0.3 is 10.0 Å². The van der Waals surface area contributed by atoms with Crippen LogP contribution in [0.25, 0.3) is 10.8 Å². The summed E-state index contributed by atoms with van der Waals surface area (Å²) < 4.78 is 37.9. The third kappa shape index (κ3) is 2.35. The molecule has 3 rings (SSSR count). The summed E-state index contributed by atoms with van der Waals surface area (Å²) in [6.07, 6.45) is -5.21. The minimum absolute atomic E-state index is 0.277. The van der Waals surface area contributed by atoms with Crippen LogP contribution in [0.4, 0.5) is 18.9 Å². The molecule has 0 saturated carbocycles. The molecule has 0 spiro atoms. The molecular formula is C15H12F3N3O. The van der Waals surface area contributed by atoms with Gasteiger partial charge >= 0.3 is 6.18 Å². The van der Waals surface area contributed by atoms with Gasteiger partial charge in [0.1, 0.15) is 11.8 Å². The van der Waals surface area contributed by atoms with Gasteiger partial charge in [0.05, 0.1) is 6.04 Å². The first-order chi connectivity index (χ1) is 10.4. The number of aromatic nitrogens is 1. The van der Waals surface area contributed by atoms with Gasteiger partial charge in [-0.3, -0.25) is 0 Å². The van der Waals surface area contributed by atoms with Crippen LogP contribution in [0.2, 0.25) is 0 Å². The summed E-state index contributed by atoms with van der Waals surface area (Å²) in [5.74, 6) is 0. The van der Waals surface area contributed by atoms with Crippen LogP contribution < -0.4 is 4.90 Å². The van der Waals surface area contributed by atoms with E-state index in [0.717, 1.165) is 5.39 Å². The van der Waals surface area contributed by atoms with Crippen molar-refractivity contribution in [2.75, 3.05) is 11.4 Å². The lowest BCUT2D eigenvalue weighted by Crippen LogP contribution is -2.58. The molecule has 0 amide bonds. The number of fused-ring (bicyclic) bond motifs is 1. The van der Waals surface area contributed by atoms with Gasteiger partial charge in [-0.25, -0.2) is 4.98 Å². The molecule has 1 aliphatic rings. The largest absolute Gasteiger partial charge is 0.416 e. The van der Waals surface area contributed by atoms with Gasteiger partial charge in [-0.2, -0.15) is 18.4 Å². The normalized spacial score (nSPS) is 19.6. The zero-order chi connectivity index (χ0) is 15.9. The highest BCUT2D eigenvalue weighted by molar-refractivity contribution is 5.89. The zero-order valence-electron chi connectivity index (χ0n) is 11.4. The van der Waals surface area contributed by atoms with Crippen molar-refractivity contribution in [1.29, 1.82) is 5.26 Å². The van der Waals surface area contributed by atoms with Crippen LogP contribution in [0.5, 0.6) is 0 Å². The minimum Gasteiger partial charge on any atom is -0.382 e. The highest BCUT2D eigenvalue weighted by Gasteiger charge is 2.48. The van der Waals surface area contributed by atoms with E-state index in [4.69, 9.17) is 5.26 Å². The molecular weight excluding hydrogens is 295 g/mol. The van der Waals surface area contributed by atoms with Gasteiger partial charge in [-0.1, -0.05) is 0 Å². The number of alkyl halides is 3. The predicted molar refractivity (Wildman–Crippen MR) is 74.3 cm³/mol. The van der Waals surface area contributed by atoms with Gasteiger partial charge in [-0.05, 0) is 36.1 Å². The first-order valence-corrected chi connectivity index (χ1v) is 6.72. The summed E-state index contributed by atoms with van der Waals surface area (Å²) in [7, 11) is 0. The van der Waals surface area contributed by atoms with Crippen molar-refractivity contribution in [3.8, 4) is 6.07 Å². The van der Waals surface area contributed by atoms with E-state index in [0.29, 0.717) is 24.0 Å². The first kappa shape index (κ1) is 14.6. The maximum atomic E-state index is 12.6. The van der Waals surface area contributed by atoms with E-state index in [-0.39, 0.29) is 5.69 Å². The summed E-state index contributed by atoms with van der Waals surface area (Å²) in [6, 6.07) is 7.76. The highest BCUT2D eigenvalue weighted by Crippen LogP contribution is 2.35. The standard InChI is InChI=1S/C15H12F3N3O/c16-15(17,18)14(22)13-4-6-21(13)10-1-2-11-9(7-10)3-5-20-12(11)8-19/h1-3,5,7,13-14,22H,4,6H2/t13?,14-/m1/s1. The van der Waals surface area contributed by atoms with E-state index >= 15 is 0 Å². The molecule has 4 nitrogen and oxygen atoms in total. The van der Waals surface area contributed by atoms with Crippen molar-refractivity contribution >= 4 is 16.5 Å². The van der Waals surface area contributed by atoms with E-state index in [1.807, 2.05) is 6.07 Å². The number of nitrogens with zero attached hydrogens (tertiary/aromatic N) is 3. The number of hydrogen-bond acceptors (Lipinski definition) is 4. The molecule has 22 heavy (non-hydrogen) atoms. The number of halogens is 3. The molecule has 1 aromatic carbocycles. The van der Waals surface area contributed by atoms with Crippen molar-refractivity contribution < 1.29 is 18.3 Å². The van der Waals surface area contributed by atoms with Gasteiger partial charge in [-0.15, -0.1) is 0 Å². The van der Waals surface area contributed by atoms with Crippen LogP contribution in [0, 0.1) is 11.3 Å². The maximum Gasteiger partial charge on any atom is 0.416 e. The lowest BCUT2D eigenvalue weighted by Gasteiger charge is -2.45. The van der Waals surface area contributed by atoms with Crippen LogP contribution >= 0.6 is 0 Å². The number of pyridine rings is 1. The van der Waals surface area contributed by atoms with Crippen molar-refractivity contribution in [1.82, 2.24) is 4.98 Å². The Hall–Kier alpha value is -2.33. The van der Waals surface area contributed by atoms with Crippen molar-refractivity contribution in [2.45, 2.75) is 24.7 Å². The van der Waals surface area contributed by atoms with Crippen molar-refractivity contribution in [2.24, 2.45) is 0 Å². The molecule has 114 valence electrons. The topological polar surface area (TPSA) is 60.2 Å². The average Bonchev–Trinajstić information content (AvgIpc) is 2.44. The number of hydrogen-bond donors (Lipinski definition) is 1. The molecule has 1 aliphatic heterocycles. The highest BCUT2D eigenvalue weighted by atomic mass is 19.4. The van der Waals surface area contributed by atoms with Gasteiger partial charge in [0.2, 0.25) is 0 Å². The molecule has 7 heteroatoms. The SMILES string of the molecule is N#Cc1nccc2cc(N3CCC3[C@@H](O)C(F)(F)F)ccc12. The first-order valence-electron chi connectivity index (χ1n) is 6.72. The molecule has 1 unspecified atom stereocenters. The molecule has 2 aromatic rings. The Bertz CT molecular complexity index is 754.